The van der Waals surface area contributed by atoms with Crippen LogP contribution in [0.2, 0.25) is 0 Å². The number of aliphatic hydroxyl groups excluding tert-OH is 1. The Bertz CT molecular complexity index is 1080. The number of aliphatic hydroxyl groups is 1. The Hall–Kier alpha value is -2.47. The van der Waals surface area contributed by atoms with Gasteiger partial charge in [0, 0.05) is 17.7 Å². The Morgan fingerprint density at radius 2 is 1.70 bits per heavy atom. The molecule has 0 saturated carbocycles. The zero-order chi connectivity index (χ0) is 22.6. The van der Waals surface area contributed by atoms with E-state index in [9.17, 15) is 5.11 Å². The molecule has 1 unspecified atom stereocenters. The molecular weight excluding hydrogens is 432 g/mol. The van der Waals surface area contributed by atoms with Gasteiger partial charge in [-0.05, 0) is 59.4 Å². The summed E-state index contributed by atoms with van der Waals surface area (Å²) in [5.41, 5.74) is 4.90. The minimum atomic E-state index is -0.364. The topological polar surface area (TPSA) is 47.9 Å². The minimum absolute atomic E-state index is 0.0618. The van der Waals surface area contributed by atoms with E-state index in [1.165, 1.54) is 16.7 Å². The minimum Gasteiger partial charge on any atom is -0.486 e. The lowest BCUT2D eigenvalue weighted by Crippen LogP contribution is -2.29. The highest BCUT2D eigenvalue weighted by Crippen LogP contribution is 2.39. The van der Waals surface area contributed by atoms with Gasteiger partial charge in [0.15, 0.2) is 11.5 Å². The molecule has 3 atom stereocenters. The van der Waals surface area contributed by atoms with Gasteiger partial charge in [0.05, 0.1) is 12.2 Å². The molecule has 3 aromatic carbocycles. The first-order chi connectivity index (χ1) is 16.2. The molecule has 0 radical (unpaired) electrons. The van der Waals surface area contributed by atoms with E-state index in [0.29, 0.717) is 26.1 Å². The fraction of sp³-hybridized carbons (Fsp3) is 0.357. The summed E-state index contributed by atoms with van der Waals surface area (Å²) in [6, 6.07) is 23.1. The summed E-state index contributed by atoms with van der Waals surface area (Å²) in [7, 11) is 0. The first-order valence-electron chi connectivity index (χ1n) is 11.7. The molecule has 2 aliphatic rings. The number of hydrogen-bond acceptors (Lipinski definition) is 5. The van der Waals surface area contributed by atoms with Crippen molar-refractivity contribution in [2.24, 2.45) is 0 Å². The molecule has 0 bridgehead atoms. The average Bonchev–Trinajstić information content (AvgIpc) is 2.84. The van der Waals surface area contributed by atoms with Crippen LogP contribution in [0.5, 0.6) is 11.5 Å². The maximum Gasteiger partial charge on any atom is 0.161 e. The fourth-order valence-corrected chi connectivity index (χ4v) is 5.70. The zero-order valence-electron chi connectivity index (χ0n) is 18.9. The predicted molar refractivity (Wildman–Crippen MR) is 131 cm³/mol. The smallest absolute Gasteiger partial charge is 0.161 e. The van der Waals surface area contributed by atoms with Crippen LogP contribution in [-0.4, -0.2) is 29.9 Å². The van der Waals surface area contributed by atoms with Crippen molar-refractivity contribution < 1.29 is 19.3 Å². The van der Waals surface area contributed by atoms with Gasteiger partial charge in [0.25, 0.3) is 0 Å². The van der Waals surface area contributed by atoms with Crippen LogP contribution in [0.4, 0.5) is 0 Å². The number of rotatable bonds is 6. The largest absolute Gasteiger partial charge is 0.486 e. The summed E-state index contributed by atoms with van der Waals surface area (Å²) in [6.07, 6.45) is 2.59. The molecule has 1 fully saturated rings. The molecule has 1 saturated heterocycles. The van der Waals surface area contributed by atoms with Crippen LogP contribution >= 0.6 is 11.8 Å². The number of ether oxygens (including phenoxy) is 3. The van der Waals surface area contributed by atoms with E-state index < -0.39 is 0 Å². The third-order valence-corrected chi connectivity index (χ3v) is 7.37. The van der Waals surface area contributed by atoms with Gasteiger partial charge in [-0.25, -0.2) is 0 Å². The van der Waals surface area contributed by atoms with Crippen LogP contribution in [0, 0.1) is 0 Å². The molecule has 3 aromatic rings. The number of benzene rings is 3. The number of hydrogen-bond donors (Lipinski definition) is 1. The Labute approximate surface area is 199 Å². The summed E-state index contributed by atoms with van der Waals surface area (Å²) in [5, 5.41) is 10.6. The van der Waals surface area contributed by atoms with Gasteiger partial charge in [-0.2, -0.15) is 0 Å². The zero-order valence-corrected chi connectivity index (χ0v) is 19.7. The maximum absolute atomic E-state index is 10.6. The molecule has 5 heteroatoms. The first-order valence-corrected chi connectivity index (χ1v) is 12.6. The highest BCUT2D eigenvalue weighted by Gasteiger charge is 2.30. The Kier molecular flexibility index (Phi) is 6.91. The molecule has 1 N–H and O–H groups in total. The van der Waals surface area contributed by atoms with E-state index in [4.69, 9.17) is 14.2 Å². The fourth-order valence-electron chi connectivity index (χ4n) is 4.57. The second-order valence-electron chi connectivity index (χ2n) is 8.65. The summed E-state index contributed by atoms with van der Waals surface area (Å²) in [4.78, 5) is 1.16. The van der Waals surface area contributed by atoms with Crippen molar-refractivity contribution in [1.29, 1.82) is 0 Å². The van der Waals surface area contributed by atoms with Crippen LogP contribution in [0.15, 0.2) is 71.6 Å². The first kappa shape index (κ1) is 22.3. The van der Waals surface area contributed by atoms with Crippen molar-refractivity contribution in [3.63, 3.8) is 0 Å². The Morgan fingerprint density at radius 3 is 2.52 bits per heavy atom. The normalized spacial score (nSPS) is 22.2. The van der Waals surface area contributed by atoms with Crippen LogP contribution in [-0.2, 0) is 17.6 Å². The standard InChI is InChI=1S/C28H30O4S/c1-2-20-9-10-21(16-22(20)14-19-8-11-25-27(15-19)31-13-12-30-25)26-17-23(29)18-28(32-26)33-24-6-4-3-5-7-24/h3-11,15-16,23,26,28-29H,2,12-14,17-18H2,1H3/t23-,26-,28?/m1/s1. The molecule has 0 aromatic heterocycles. The lowest BCUT2D eigenvalue weighted by atomic mass is 9.92. The van der Waals surface area contributed by atoms with Gasteiger partial charge in [-0.1, -0.05) is 61.2 Å². The number of thioether (sulfide) groups is 1. The molecule has 5 rings (SSSR count). The summed E-state index contributed by atoms with van der Waals surface area (Å²) in [6.45, 7) is 3.39. The second kappa shape index (κ2) is 10.2. The van der Waals surface area contributed by atoms with Crippen LogP contribution in [0.3, 0.4) is 0 Å². The molecule has 172 valence electrons. The van der Waals surface area contributed by atoms with Gasteiger partial charge in [-0.15, -0.1) is 0 Å². The van der Waals surface area contributed by atoms with E-state index >= 15 is 0 Å². The molecule has 2 aliphatic heterocycles. The van der Waals surface area contributed by atoms with E-state index in [-0.39, 0.29) is 17.6 Å². The highest BCUT2D eigenvalue weighted by atomic mass is 32.2. The van der Waals surface area contributed by atoms with Crippen molar-refractivity contribution in [1.82, 2.24) is 0 Å². The molecule has 4 nitrogen and oxygen atoms in total. The van der Waals surface area contributed by atoms with Crippen molar-refractivity contribution in [3.05, 3.63) is 89.0 Å². The highest BCUT2D eigenvalue weighted by molar-refractivity contribution is 7.99. The monoisotopic (exact) mass is 462 g/mol. The second-order valence-corrected chi connectivity index (χ2v) is 9.88. The Balaban J connectivity index is 1.36. The van der Waals surface area contributed by atoms with Crippen molar-refractivity contribution >= 4 is 11.8 Å². The lowest BCUT2D eigenvalue weighted by Gasteiger charge is -2.33. The molecule has 2 heterocycles. The molecule has 0 aliphatic carbocycles. The van der Waals surface area contributed by atoms with Crippen LogP contribution < -0.4 is 9.47 Å². The van der Waals surface area contributed by atoms with Crippen molar-refractivity contribution in [2.75, 3.05) is 13.2 Å². The van der Waals surface area contributed by atoms with Gasteiger partial charge < -0.3 is 19.3 Å². The molecule has 33 heavy (non-hydrogen) atoms. The van der Waals surface area contributed by atoms with Gasteiger partial charge in [0.1, 0.15) is 18.6 Å². The lowest BCUT2D eigenvalue weighted by molar-refractivity contribution is -0.0606. The van der Waals surface area contributed by atoms with E-state index in [0.717, 1.165) is 34.8 Å². The molecule has 0 amide bonds. The van der Waals surface area contributed by atoms with Crippen LogP contribution in [0.25, 0.3) is 0 Å². The number of aryl methyl sites for hydroxylation is 1. The quantitative estimate of drug-likeness (QED) is 0.491. The van der Waals surface area contributed by atoms with Gasteiger partial charge in [0.2, 0.25) is 0 Å². The summed E-state index contributed by atoms with van der Waals surface area (Å²) < 4.78 is 17.9. The van der Waals surface area contributed by atoms with E-state index in [2.05, 4.69) is 49.4 Å². The summed E-state index contributed by atoms with van der Waals surface area (Å²) >= 11 is 1.69. The van der Waals surface area contributed by atoms with E-state index in [1.807, 2.05) is 24.3 Å². The number of fused-ring (bicyclic) bond motifs is 1. The average molecular weight is 463 g/mol. The third-order valence-electron chi connectivity index (χ3n) is 6.26. The SMILES string of the molecule is CCc1ccc([C@H]2C[C@@H](O)CC(Sc3ccccc3)O2)cc1Cc1ccc2c(c1)OCCO2. The molecule has 0 spiro atoms. The predicted octanol–water partition coefficient (Wildman–Crippen LogP) is 5.94. The Morgan fingerprint density at radius 1 is 0.879 bits per heavy atom. The third kappa shape index (κ3) is 5.37. The van der Waals surface area contributed by atoms with Gasteiger partial charge in [-0.3, -0.25) is 0 Å². The van der Waals surface area contributed by atoms with E-state index in [1.54, 1.807) is 11.8 Å². The maximum atomic E-state index is 10.6. The van der Waals surface area contributed by atoms with Crippen LogP contribution in [0.1, 0.15) is 48.1 Å². The molecular formula is C28H30O4S. The summed E-state index contributed by atoms with van der Waals surface area (Å²) in [5.74, 6) is 1.65. The van der Waals surface area contributed by atoms with Crippen molar-refractivity contribution in [3.8, 4) is 11.5 Å². The van der Waals surface area contributed by atoms with Gasteiger partial charge >= 0.3 is 0 Å². The van der Waals surface area contributed by atoms with Crippen molar-refractivity contribution in [2.45, 2.75) is 55.1 Å².